The number of hydrogen-bond donors (Lipinski definition) is 2. The number of rotatable bonds is 15. The lowest BCUT2D eigenvalue weighted by Gasteiger charge is -2.30. The lowest BCUT2D eigenvalue weighted by molar-refractivity contribution is -0.136. The third-order valence-electron chi connectivity index (χ3n) is 5.45. The summed E-state index contributed by atoms with van der Waals surface area (Å²) in [7, 11) is 1.64. The SMILES string of the molecule is COc1ccc(COCC[C@H](OCOCc2ccccc2)[C@@H](C)[C@@H](O)[C@H](C)CO)cc1. The Morgan fingerprint density at radius 2 is 1.52 bits per heavy atom. The van der Waals surface area contributed by atoms with E-state index in [1.54, 1.807) is 7.11 Å². The van der Waals surface area contributed by atoms with Crippen molar-refractivity contribution in [2.75, 3.05) is 27.1 Å². The molecule has 0 aliphatic heterocycles. The third kappa shape index (κ3) is 8.97. The van der Waals surface area contributed by atoms with Crippen LogP contribution in [0.3, 0.4) is 0 Å². The maximum absolute atomic E-state index is 10.5. The van der Waals surface area contributed by atoms with Gasteiger partial charge in [-0.2, -0.15) is 0 Å². The van der Waals surface area contributed by atoms with E-state index in [1.165, 1.54) is 0 Å². The van der Waals surface area contributed by atoms with Gasteiger partial charge in [-0.1, -0.05) is 56.3 Å². The maximum Gasteiger partial charge on any atom is 0.147 e. The molecular weight excluding hydrogens is 396 g/mol. The van der Waals surface area contributed by atoms with Gasteiger partial charge in [0.05, 0.1) is 32.5 Å². The molecule has 0 aromatic heterocycles. The summed E-state index contributed by atoms with van der Waals surface area (Å²) in [5, 5.41) is 19.9. The highest BCUT2D eigenvalue weighted by atomic mass is 16.7. The quantitative estimate of drug-likeness (QED) is 0.329. The molecule has 0 saturated carbocycles. The Kier molecular flexibility index (Phi) is 11.6. The Labute approximate surface area is 185 Å². The lowest BCUT2D eigenvalue weighted by Crippen LogP contribution is -2.38. The molecule has 0 radical (unpaired) electrons. The fourth-order valence-corrected chi connectivity index (χ4v) is 3.32. The molecule has 4 atom stereocenters. The molecule has 0 unspecified atom stereocenters. The van der Waals surface area contributed by atoms with E-state index in [0.29, 0.717) is 26.2 Å². The predicted molar refractivity (Wildman–Crippen MR) is 120 cm³/mol. The van der Waals surface area contributed by atoms with E-state index >= 15 is 0 Å². The van der Waals surface area contributed by atoms with Gasteiger partial charge in [-0.25, -0.2) is 0 Å². The number of hydrogen-bond acceptors (Lipinski definition) is 6. The van der Waals surface area contributed by atoms with Crippen LogP contribution in [0.15, 0.2) is 54.6 Å². The number of methoxy groups -OCH3 is 1. The van der Waals surface area contributed by atoms with Crippen molar-refractivity contribution in [2.45, 2.75) is 45.7 Å². The summed E-state index contributed by atoms with van der Waals surface area (Å²) in [5.41, 5.74) is 2.14. The minimum atomic E-state index is -0.675. The fourth-order valence-electron chi connectivity index (χ4n) is 3.32. The second kappa shape index (κ2) is 14.2. The Morgan fingerprint density at radius 3 is 2.16 bits per heavy atom. The highest BCUT2D eigenvalue weighted by molar-refractivity contribution is 5.26. The maximum atomic E-state index is 10.5. The molecule has 0 aliphatic carbocycles. The number of benzene rings is 2. The summed E-state index contributed by atoms with van der Waals surface area (Å²) in [5.74, 6) is 0.409. The van der Waals surface area contributed by atoms with Crippen molar-refractivity contribution in [2.24, 2.45) is 11.8 Å². The molecule has 172 valence electrons. The van der Waals surface area contributed by atoms with Crippen LogP contribution in [-0.2, 0) is 27.4 Å². The smallest absolute Gasteiger partial charge is 0.147 e. The molecule has 0 saturated heterocycles. The van der Waals surface area contributed by atoms with E-state index in [4.69, 9.17) is 18.9 Å². The van der Waals surface area contributed by atoms with Gasteiger partial charge in [-0.3, -0.25) is 0 Å². The van der Waals surface area contributed by atoms with E-state index in [9.17, 15) is 10.2 Å². The molecule has 0 spiro atoms. The molecular formula is C25H36O6. The van der Waals surface area contributed by atoms with Crippen LogP contribution in [0.5, 0.6) is 5.75 Å². The summed E-state index contributed by atoms with van der Waals surface area (Å²) < 4.78 is 22.6. The second-order valence-electron chi connectivity index (χ2n) is 7.86. The van der Waals surface area contributed by atoms with E-state index in [0.717, 1.165) is 16.9 Å². The minimum Gasteiger partial charge on any atom is -0.497 e. The molecule has 0 fully saturated rings. The molecule has 0 amide bonds. The molecule has 0 heterocycles. The van der Waals surface area contributed by atoms with Gasteiger partial charge < -0.3 is 29.2 Å². The Hall–Kier alpha value is -1.96. The van der Waals surface area contributed by atoms with Crippen LogP contribution in [0.4, 0.5) is 0 Å². The van der Waals surface area contributed by atoms with E-state index in [1.807, 2.05) is 68.4 Å². The van der Waals surface area contributed by atoms with Gasteiger partial charge in [-0.15, -0.1) is 0 Å². The van der Waals surface area contributed by atoms with Crippen LogP contribution in [0.25, 0.3) is 0 Å². The van der Waals surface area contributed by atoms with Gasteiger partial charge in [-0.05, 0) is 29.7 Å². The first-order chi connectivity index (χ1) is 15.0. The average Bonchev–Trinajstić information content (AvgIpc) is 2.82. The Morgan fingerprint density at radius 1 is 0.871 bits per heavy atom. The molecule has 6 nitrogen and oxygen atoms in total. The first-order valence-electron chi connectivity index (χ1n) is 10.8. The van der Waals surface area contributed by atoms with Gasteiger partial charge in [0.2, 0.25) is 0 Å². The monoisotopic (exact) mass is 432 g/mol. The molecule has 31 heavy (non-hydrogen) atoms. The van der Waals surface area contributed by atoms with Gasteiger partial charge in [0.25, 0.3) is 0 Å². The van der Waals surface area contributed by atoms with Crippen LogP contribution in [0.2, 0.25) is 0 Å². The highest BCUT2D eigenvalue weighted by Gasteiger charge is 2.28. The Balaban J connectivity index is 1.82. The largest absolute Gasteiger partial charge is 0.497 e. The topological polar surface area (TPSA) is 77.4 Å². The average molecular weight is 433 g/mol. The zero-order valence-electron chi connectivity index (χ0n) is 18.8. The summed E-state index contributed by atoms with van der Waals surface area (Å²) in [6.07, 6.45) is -0.317. The normalized spacial score (nSPS) is 15.3. The fraction of sp³-hybridized carbons (Fsp3) is 0.520. The standard InChI is InChI=1S/C25H36O6/c1-19(15-26)25(27)20(2)24(31-18-30-17-21-7-5-4-6-8-21)13-14-29-16-22-9-11-23(28-3)12-10-22/h4-12,19-20,24-27H,13-18H2,1-3H3/t19-,20-,24+,25+/m1/s1. The van der Waals surface area contributed by atoms with Crippen molar-refractivity contribution in [1.82, 2.24) is 0 Å². The number of aliphatic hydroxyl groups excluding tert-OH is 2. The molecule has 0 aliphatic rings. The van der Waals surface area contributed by atoms with Crippen LogP contribution in [-0.4, -0.2) is 49.5 Å². The van der Waals surface area contributed by atoms with Gasteiger partial charge in [0.15, 0.2) is 0 Å². The minimum absolute atomic E-state index is 0.0727. The van der Waals surface area contributed by atoms with Crippen LogP contribution in [0, 0.1) is 11.8 Å². The molecule has 2 aromatic rings. The lowest BCUT2D eigenvalue weighted by atomic mass is 9.88. The molecule has 0 bridgehead atoms. The zero-order valence-corrected chi connectivity index (χ0v) is 18.8. The second-order valence-corrected chi connectivity index (χ2v) is 7.86. The summed E-state index contributed by atoms with van der Waals surface area (Å²) in [4.78, 5) is 0. The van der Waals surface area contributed by atoms with E-state index < -0.39 is 6.10 Å². The van der Waals surface area contributed by atoms with Crippen molar-refractivity contribution in [1.29, 1.82) is 0 Å². The van der Waals surface area contributed by atoms with E-state index in [-0.39, 0.29) is 31.3 Å². The van der Waals surface area contributed by atoms with Crippen molar-refractivity contribution in [3.63, 3.8) is 0 Å². The van der Waals surface area contributed by atoms with Crippen molar-refractivity contribution in [3.8, 4) is 5.75 Å². The molecule has 2 N–H and O–H groups in total. The molecule has 2 rings (SSSR count). The van der Waals surface area contributed by atoms with E-state index in [2.05, 4.69) is 0 Å². The van der Waals surface area contributed by atoms with Crippen molar-refractivity contribution >= 4 is 0 Å². The summed E-state index contributed by atoms with van der Waals surface area (Å²) in [6.45, 7) is 5.25. The van der Waals surface area contributed by atoms with Crippen LogP contribution in [0.1, 0.15) is 31.4 Å². The van der Waals surface area contributed by atoms with Gasteiger partial charge >= 0.3 is 0 Å². The van der Waals surface area contributed by atoms with Crippen LogP contribution < -0.4 is 4.74 Å². The zero-order chi connectivity index (χ0) is 22.5. The van der Waals surface area contributed by atoms with Crippen molar-refractivity contribution < 1.29 is 29.2 Å². The Bertz CT molecular complexity index is 706. The van der Waals surface area contributed by atoms with Gasteiger partial charge in [0, 0.05) is 25.0 Å². The summed E-state index contributed by atoms with van der Waals surface area (Å²) >= 11 is 0. The number of aliphatic hydroxyl groups is 2. The van der Waals surface area contributed by atoms with Gasteiger partial charge in [0.1, 0.15) is 12.5 Å². The predicted octanol–water partition coefficient (Wildman–Crippen LogP) is 3.79. The molecule has 2 aromatic carbocycles. The number of ether oxygens (including phenoxy) is 4. The van der Waals surface area contributed by atoms with Crippen LogP contribution >= 0.6 is 0 Å². The first-order valence-corrected chi connectivity index (χ1v) is 10.8. The highest BCUT2D eigenvalue weighted by Crippen LogP contribution is 2.22. The third-order valence-corrected chi connectivity index (χ3v) is 5.45. The molecule has 6 heteroatoms. The first kappa shape index (κ1) is 25.3. The summed E-state index contributed by atoms with van der Waals surface area (Å²) in [6, 6.07) is 17.7. The van der Waals surface area contributed by atoms with Crippen molar-refractivity contribution in [3.05, 3.63) is 65.7 Å².